The minimum absolute atomic E-state index is 0. The quantitative estimate of drug-likeness (QED) is 0.698. The lowest BCUT2D eigenvalue weighted by Gasteiger charge is -2.38. The first-order chi connectivity index (χ1) is 10.5. The molecule has 0 spiro atoms. The van der Waals surface area contributed by atoms with Gasteiger partial charge in [0.2, 0.25) is 0 Å². The minimum atomic E-state index is -1.23. The lowest BCUT2D eigenvalue weighted by molar-refractivity contribution is -0.0982. The number of aliphatic hydroxyl groups is 1. The van der Waals surface area contributed by atoms with E-state index in [1.807, 2.05) is 13.8 Å². The van der Waals surface area contributed by atoms with E-state index < -0.39 is 18.3 Å². The Morgan fingerprint density at radius 3 is 2.17 bits per heavy atom. The zero-order valence-electron chi connectivity index (χ0n) is 15.5. The second-order valence-corrected chi connectivity index (χ2v) is 6.84. The van der Waals surface area contributed by atoms with Gasteiger partial charge in [0.25, 0.3) is 0 Å². The van der Waals surface area contributed by atoms with Gasteiger partial charge in [-0.25, -0.2) is 4.39 Å². The van der Waals surface area contributed by atoms with Crippen LogP contribution in [-0.2, 0) is 11.2 Å². The molecule has 0 radical (unpaired) electrons. The van der Waals surface area contributed by atoms with Crippen LogP contribution in [0.1, 0.15) is 47.1 Å². The lowest BCUT2D eigenvalue weighted by Crippen LogP contribution is -2.53. The van der Waals surface area contributed by atoms with Gasteiger partial charge in [-0.05, 0) is 63.9 Å². The van der Waals surface area contributed by atoms with E-state index in [0.29, 0.717) is 17.6 Å². The van der Waals surface area contributed by atoms with Gasteiger partial charge in [0.15, 0.2) is 0 Å². The normalized spacial score (nSPS) is 12.2. The second-order valence-electron chi connectivity index (χ2n) is 6.84. The van der Waals surface area contributed by atoms with Gasteiger partial charge in [-0.1, -0.05) is 19.9 Å². The van der Waals surface area contributed by atoms with E-state index in [0.717, 1.165) is 13.1 Å². The summed E-state index contributed by atoms with van der Waals surface area (Å²) in [6.45, 7) is 12.9. The SMILES string of the molecule is CCN(CC)Cc1cc(F)ccc1B(O)OC(C)(C)C(C)(C)O.Cl. The summed E-state index contributed by atoms with van der Waals surface area (Å²) in [5, 5.41) is 20.6. The van der Waals surface area contributed by atoms with Crippen LogP contribution < -0.4 is 5.46 Å². The van der Waals surface area contributed by atoms with Gasteiger partial charge in [-0.2, -0.15) is 0 Å². The summed E-state index contributed by atoms with van der Waals surface area (Å²) in [6.07, 6.45) is 0. The molecule has 4 nitrogen and oxygen atoms in total. The molecule has 0 saturated heterocycles. The van der Waals surface area contributed by atoms with Gasteiger partial charge in [-0.15, -0.1) is 12.4 Å². The van der Waals surface area contributed by atoms with E-state index in [2.05, 4.69) is 4.90 Å². The molecule has 0 aliphatic rings. The highest BCUT2D eigenvalue weighted by molar-refractivity contribution is 6.60. The lowest BCUT2D eigenvalue weighted by atomic mass is 9.74. The number of hydrogen-bond donors (Lipinski definition) is 2. The maximum Gasteiger partial charge on any atom is 0.491 e. The number of nitrogens with zero attached hydrogens (tertiary/aromatic N) is 1. The third-order valence-corrected chi connectivity index (χ3v) is 4.54. The molecule has 0 aliphatic heterocycles. The zero-order valence-corrected chi connectivity index (χ0v) is 16.3. The molecule has 1 aromatic rings. The van der Waals surface area contributed by atoms with Crippen molar-refractivity contribution in [3.63, 3.8) is 0 Å². The fourth-order valence-electron chi connectivity index (χ4n) is 2.13. The molecule has 0 saturated carbocycles. The van der Waals surface area contributed by atoms with Crippen LogP contribution in [-0.4, -0.2) is 46.4 Å². The second kappa shape index (κ2) is 9.16. The number of halogens is 2. The highest BCUT2D eigenvalue weighted by Gasteiger charge is 2.40. The van der Waals surface area contributed by atoms with Crippen molar-refractivity contribution in [2.45, 2.75) is 59.3 Å². The van der Waals surface area contributed by atoms with Gasteiger partial charge in [0.05, 0.1) is 11.2 Å². The Morgan fingerprint density at radius 1 is 1.17 bits per heavy atom. The summed E-state index contributed by atoms with van der Waals surface area (Å²) in [5.41, 5.74) is -0.885. The summed E-state index contributed by atoms with van der Waals surface area (Å²) in [4.78, 5) is 2.13. The van der Waals surface area contributed by atoms with E-state index in [9.17, 15) is 14.5 Å². The fraction of sp³-hybridized carbons (Fsp3) is 0.647. The van der Waals surface area contributed by atoms with Crippen molar-refractivity contribution < 1.29 is 19.2 Å². The van der Waals surface area contributed by atoms with Gasteiger partial charge in [0, 0.05) is 6.54 Å². The first-order valence-electron chi connectivity index (χ1n) is 8.10. The van der Waals surface area contributed by atoms with E-state index in [-0.39, 0.29) is 18.2 Å². The van der Waals surface area contributed by atoms with Crippen molar-refractivity contribution in [3.05, 3.63) is 29.6 Å². The standard InChI is InChI=1S/C17H29BFNO3.ClH/c1-7-20(8-2)12-13-11-14(19)9-10-15(13)18(22)23-17(5,6)16(3,4)21;/h9-11,21-22H,7-8,12H2,1-6H3;1H. The number of hydrogen-bond acceptors (Lipinski definition) is 4. The molecule has 1 aromatic carbocycles. The molecule has 0 aliphatic carbocycles. The van der Waals surface area contributed by atoms with Crippen LogP contribution in [0.15, 0.2) is 18.2 Å². The monoisotopic (exact) mass is 361 g/mol. The maximum atomic E-state index is 13.6. The molecule has 7 heteroatoms. The van der Waals surface area contributed by atoms with Crippen LogP contribution in [0.3, 0.4) is 0 Å². The van der Waals surface area contributed by atoms with E-state index in [1.165, 1.54) is 12.1 Å². The Balaban J connectivity index is 0.00000529. The highest BCUT2D eigenvalue weighted by atomic mass is 35.5. The first kappa shape index (κ1) is 23.3. The van der Waals surface area contributed by atoms with Gasteiger partial charge in [-0.3, -0.25) is 4.90 Å². The smallest absolute Gasteiger partial charge is 0.423 e. The van der Waals surface area contributed by atoms with E-state index >= 15 is 0 Å². The van der Waals surface area contributed by atoms with Crippen molar-refractivity contribution in [3.8, 4) is 0 Å². The summed E-state index contributed by atoms with van der Waals surface area (Å²) in [7, 11) is -1.23. The molecule has 24 heavy (non-hydrogen) atoms. The summed E-state index contributed by atoms with van der Waals surface area (Å²) < 4.78 is 19.3. The Hall–Kier alpha value is -0.655. The molecule has 0 atom stereocenters. The Labute approximate surface area is 151 Å². The maximum absolute atomic E-state index is 13.6. The Bertz CT molecular complexity index is 519. The summed E-state index contributed by atoms with van der Waals surface area (Å²) >= 11 is 0. The molecule has 0 amide bonds. The Morgan fingerprint density at radius 2 is 1.71 bits per heavy atom. The molecule has 0 bridgehead atoms. The largest absolute Gasteiger partial charge is 0.491 e. The molecule has 0 aromatic heterocycles. The highest BCUT2D eigenvalue weighted by Crippen LogP contribution is 2.25. The average molecular weight is 362 g/mol. The molecule has 0 heterocycles. The molecular weight excluding hydrogens is 331 g/mol. The molecule has 2 N–H and O–H groups in total. The van der Waals surface area contributed by atoms with Gasteiger partial charge >= 0.3 is 7.12 Å². The van der Waals surface area contributed by atoms with Crippen molar-refractivity contribution >= 4 is 25.0 Å². The van der Waals surface area contributed by atoms with Crippen LogP contribution in [0.25, 0.3) is 0 Å². The molecule has 0 fully saturated rings. The number of rotatable bonds is 8. The summed E-state index contributed by atoms with van der Waals surface area (Å²) in [6, 6.07) is 4.28. The third-order valence-electron chi connectivity index (χ3n) is 4.54. The predicted molar refractivity (Wildman–Crippen MR) is 99.3 cm³/mol. The molecule has 1 rings (SSSR count). The fourth-order valence-corrected chi connectivity index (χ4v) is 2.13. The summed E-state index contributed by atoms with van der Waals surface area (Å²) in [5.74, 6) is -0.343. The predicted octanol–water partition coefficient (Wildman–Crippen LogP) is 2.34. The van der Waals surface area contributed by atoms with Gasteiger partial charge in [0.1, 0.15) is 5.82 Å². The number of benzene rings is 1. The van der Waals surface area contributed by atoms with E-state index in [4.69, 9.17) is 4.65 Å². The molecular formula is C17H30BClFNO3. The zero-order chi connectivity index (χ0) is 17.8. The van der Waals surface area contributed by atoms with Crippen molar-refractivity contribution in [1.29, 1.82) is 0 Å². The topological polar surface area (TPSA) is 52.9 Å². The van der Waals surface area contributed by atoms with Crippen LogP contribution in [0.2, 0.25) is 0 Å². The van der Waals surface area contributed by atoms with Gasteiger partial charge < -0.3 is 14.8 Å². The first-order valence-corrected chi connectivity index (χ1v) is 8.10. The van der Waals surface area contributed by atoms with Crippen LogP contribution in [0, 0.1) is 5.82 Å². The van der Waals surface area contributed by atoms with Crippen LogP contribution in [0.4, 0.5) is 4.39 Å². The minimum Gasteiger partial charge on any atom is -0.423 e. The molecule has 138 valence electrons. The average Bonchev–Trinajstić information content (AvgIpc) is 2.42. The van der Waals surface area contributed by atoms with Crippen molar-refractivity contribution in [2.75, 3.05) is 13.1 Å². The van der Waals surface area contributed by atoms with E-state index in [1.54, 1.807) is 33.8 Å². The van der Waals surface area contributed by atoms with Crippen molar-refractivity contribution in [2.24, 2.45) is 0 Å². The Kier molecular flexibility index (Phi) is 8.91. The third kappa shape index (κ3) is 6.01. The van der Waals surface area contributed by atoms with Crippen LogP contribution >= 0.6 is 12.4 Å². The van der Waals surface area contributed by atoms with Crippen LogP contribution in [0.5, 0.6) is 0 Å². The van der Waals surface area contributed by atoms with Crippen molar-refractivity contribution in [1.82, 2.24) is 4.90 Å². The molecule has 0 unspecified atom stereocenters.